The maximum absolute atomic E-state index is 12.0. The number of nitro groups is 2. The highest BCUT2D eigenvalue weighted by Gasteiger charge is 2.63. The molecule has 3 N–H and O–H groups in total. The topological polar surface area (TPSA) is 165 Å². The smallest absolute Gasteiger partial charge is 0.480 e. The quantitative estimate of drug-likeness (QED) is 0.218. The van der Waals surface area contributed by atoms with Crippen LogP contribution in [0.5, 0.6) is 0 Å². The number of carbonyl (C=O) groups excluding carboxylic acids is 1. The lowest BCUT2D eigenvalue weighted by Crippen LogP contribution is -2.61. The zero-order valence-corrected chi connectivity index (χ0v) is 12.3. The van der Waals surface area contributed by atoms with E-state index in [0.717, 1.165) is 0 Å². The molecule has 1 rings (SSSR count). The van der Waals surface area contributed by atoms with E-state index >= 15 is 0 Å². The third-order valence-electron chi connectivity index (χ3n) is 2.69. The van der Waals surface area contributed by atoms with Crippen molar-refractivity contribution < 1.29 is 24.5 Å². The summed E-state index contributed by atoms with van der Waals surface area (Å²) < 4.78 is 0. The van der Waals surface area contributed by atoms with Crippen molar-refractivity contribution in [1.82, 2.24) is 5.32 Å². The van der Waals surface area contributed by atoms with Crippen LogP contribution in [0, 0.1) is 20.2 Å². The molecule has 0 bridgehead atoms. The number of nitrogens with one attached hydrogen (secondary N) is 2. The summed E-state index contributed by atoms with van der Waals surface area (Å²) in [4.78, 5) is 38.8. The van der Waals surface area contributed by atoms with Gasteiger partial charge < -0.3 is 15.7 Å². The van der Waals surface area contributed by atoms with E-state index in [1.54, 1.807) is 6.07 Å². The number of carbonyl (C=O) groups is 2. The van der Waals surface area contributed by atoms with Crippen LogP contribution in [0.4, 0.5) is 5.69 Å². The average molecular weight is 344 g/mol. The summed E-state index contributed by atoms with van der Waals surface area (Å²) in [6.45, 7) is -0.856. The number of hydrogen-bond acceptors (Lipinski definition) is 8. The number of carboxylic acids is 1. The lowest BCUT2D eigenvalue weighted by molar-refractivity contribution is -0.760. The predicted molar refractivity (Wildman–Crippen MR) is 80.2 cm³/mol. The highest BCUT2D eigenvalue weighted by molar-refractivity contribution is 7.81. The minimum Gasteiger partial charge on any atom is -0.480 e. The molecule has 124 valence electrons. The van der Waals surface area contributed by atoms with Gasteiger partial charge in [-0.1, -0.05) is 18.2 Å². The molecule has 1 amide bonds. The van der Waals surface area contributed by atoms with E-state index in [1.807, 2.05) is 5.32 Å². The lowest BCUT2D eigenvalue weighted by atomic mass is 10.2. The van der Waals surface area contributed by atoms with Crippen LogP contribution in [0.25, 0.3) is 0 Å². The second-order valence-corrected chi connectivity index (χ2v) is 4.91. The van der Waals surface area contributed by atoms with Gasteiger partial charge in [-0.15, -0.1) is 0 Å². The summed E-state index contributed by atoms with van der Waals surface area (Å²) in [5.74, 6) is -2.66. The normalized spacial score (nSPS) is 12.0. The first-order valence-electron chi connectivity index (χ1n) is 6.02. The van der Waals surface area contributed by atoms with Gasteiger partial charge in [-0.25, -0.2) is 0 Å². The number of aliphatic carboxylic acids is 1. The van der Waals surface area contributed by atoms with Gasteiger partial charge in [-0.3, -0.25) is 29.8 Å². The Morgan fingerprint density at radius 2 is 1.74 bits per heavy atom. The van der Waals surface area contributed by atoms with Gasteiger partial charge in [0.25, 0.3) is 11.9 Å². The van der Waals surface area contributed by atoms with Crippen LogP contribution in [0.2, 0.25) is 0 Å². The minimum absolute atomic E-state index is 0.185. The molecule has 1 aromatic rings. The summed E-state index contributed by atoms with van der Waals surface area (Å²) in [7, 11) is 0. The van der Waals surface area contributed by atoms with Gasteiger partial charge in [0.2, 0.25) is 0 Å². The van der Waals surface area contributed by atoms with Crippen LogP contribution in [0.1, 0.15) is 0 Å². The van der Waals surface area contributed by atoms with Crippen LogP contribution in [0.15, 0.2) is 30.3 Å². The molecule has 12 heteroatoms. The third-order valence-corrected chi connectivity index (χ3v) is 3.27. The monoisotopic (exact) mass is 344 g/mol. The van der Waals surface area contributed by atoms with Crippen LogP contribution < -0.4 is 10.6 Å². The molecule has 0 unspecified atom stereocenters. The molecule has 1 atom stereocenters. The molecule has 0 heterocycles. The van der Waals surface area contributed by atoms with Gasteiger partial charge in [0.1, 0.15) is 16.4 Å². The molecule has 11 nitrogen and oxygen atoms in total. The van der Waals surface area contributed by atoms with Crippen molar-refractivity contribution in [2.75, 3.05) is 11.9 Å². The second-order valence-electron chi connectivity index (χ2n) is 4.26. The number of thiol groups is 1. The van der Waals surface area contributed by atoms with E-state index in [0.29, 0.717) is 0 Å². The first-order chi connectivity index (χ1) is 10.7. The fourth-order valence-electron chi connectivity index (χ4n) is 1.58. The number of rotatable bonds is 8. The standard InChI is InChI=1S/C11H12N4O7S/c16-8(17)6-12-10(18)9(11(23,14(19)20)15(21)22)13-7-4-2-1-3-5-7/h1-5,9,13,23H,6H2,(H,12,18)(H,16,17)/t9-/m1/s1. The summed E-state index contributed by atoms with van der Waals surface area (Å²) in [5, 5.41) is 34.9. The Kier molecular flexibility index (Phi) is 5.84. The van der Waals surface area contributed by atoms with Gasteiger partial charge in [0.05, 0.1) is 0 Å². The van der Waals surface area contributed by atoms with Crippen LogP contribution in [-0.4, -0.2) is 44.4 Å². The second kappa shape index (κ2) is 7.40. The number of carboxylic acid groups (broad SMARTS) is 1. The Labute approximate surface area is 134 Å². The fourth-order valence-corrected chi connectivity index (χ4v) is 1.76. The number of anilines is 1. The Morgan fingerprint density at radius 3 is 2.17 bits per heavy atom. The van der Waals surface area contributed by atoms with Crippen LogP contribution >= 0.6 is 12.6 Å². The van der Waals surface area contributed by atoms with E-state index in [9.17, 15) is 29.8 Å². The predicted octanol–water partition coefficient (Wildman–Crippen LogP) is -0.195. The molecule has 0 saturated heterocycles. The molecule has 0 aliphatic rings. The lowest BCUT2D eigenvalue weighted by Gasteiger charge is -2.22. The first-order valence-corrected chi connectivity index (χ1v) is 6.46. The molecule has 0 spiro atoms. The van der Waals surface area contributed by atoms with Crippen LogP contribution in [-0.2, 0) is 9.59 Å². The number of hydrogen-bond donors (Lipinski definition) is 4. The number of benzene rings is 1. The van der Waals surface area contributed by atoms with Gasteiger partial charge >= 0.3 is 11.0 Å². The number of amides is 1. The van der Waals surface area contributed by atoms with Gasteiger partial charge in [-0.05, 0) is 24.8 Å². The Bertz CT molecular complexity index is 610. The third kappa shape index (κ3) is 4.29. The minimum atomic E-state index is -3.20. The Hall–Kier alpha value is -2.89. The van der Waals surface area contributed by atoms with Gasteiger partial charge in [-0.2, -0.15) is 0 Å². The SMILES string of the molecule is O=C(O)CNC(=O)[C@@H](Nc1ccccc1)C(S)([N+](=O)[O-])[N+](=O)[O-]. The van der Waals surface area contributed by atoms with Crippen molar-refractivity contribution >= 4 is 30.2 Å². The van der Waals surface area contributed by atoms with Gasteiger partial charge in [0.15, 0.2) is 0 Å². The summed E-state index contributed by atoms with van der Waals surface area (Å²) >= 11 is 3.45. The molecule has 0 aromatic heterocycles. The average Bonchev–Trinajstić information content (AvgIpc) is 2.50. The van der Waals surface area contributed by atoms with Crippen molar-refractivity contribution in [3.63, 3.8) is 0 Å². The molecule has 1 aromatic carbocycles. The molecular formula is C11H12N4O7S. The fraction of sp³-hybridized carbons (Fsp3) is 0.273. The summed E-state index contributed by atoms with van der Waals surface area (Å²) in [5.41, 5.74) is 0.185. The summed E-state index contributed by atoms with van der Waals surface area (Å²) in [6, 6.07) is 5.48. The van der Waals surface area contributed by atoms with Crippen molar-refractivity contribution in [3.05, 3.63) is 50.6 Å². The van der Waals surface area contributed by atoms with Crippen molar-refractivity contribution in [3.8, 4) is 0 Å². The number of para-hydroxylation sites is 1. The summed E-state index contributed by atoms with van der Waals surface area (Å²) in [6.07, 6.45) is 0. The van der Waals surface area contributed by atoms with Crippen molar-refractivity contribution in [2.24, 2.45) is 0 Å². The van der Waals surface area contributed by atoms with E-state index in [4.69, 9.17) is 5.11 Å². The molecular weight excluding hydrogens is 332 g/mol. The van der Waals surface area contributed by atoms with E-state index < -0.39 is 39.3 Å². The van der Waals surface area contributed by atoms with Crippen molar-refractivity contribution in [1.29, 1.82) is 0 Å². The highest BCUT2D eigenvalue weighted by Crippen LogP contribution is 2.25. The molecule has 0 aliphatic heterocycles. The Balaban J connectivity index is 3.19. The number of nitrogens with zero attached hydrogens (tertiary/aromatic N) is 2. The van der Waals surface area contributed by atoms with Crippen molar-refractivity contribution in [2.45, 2.75) is 11.0 Å². The van der Waals surface area contributed by atoms with Gasteiger partial charge in [0, 0.05) is 5.69 Å². The molecule has 0 aliphatic carbocycles. The largest absolute Gasteiger partial charge is 0.531 e. The Morgan fingerprint density at radius 1 is 1.22 bits per heavy atom. The van der Waals surface area contributed by atoms with E-state index in [1.165, 1.54) is 24.3 Å². The molecule has 0 radical (unpaired) electrons. The molecule has 0 saturated carbocycles. The van der Waals surface area contributed by atoms with E-state index in [-0.39, 0.29) is 5.69 Å². The van der Waals surface area contributed by atoms with Crippen LogP contribution in [0.3, 0.4) is 0 Å². The maximum Gasteiger partial charge on any atom is 0.531 e. The highest BCUT2D eigenvalue weighted by atomic mass is 32.1. The molecule has 0 fully saturated rings. The maximum atomic E-state index is 12.0. The zero-order chi connectivity index (χ0) is 17.6. The first kappa shape index (κ1) is 18.2. The van der Waals surface area contributed by atoms with E-state index in [2.05, 4.69) is 17.9 Å². The zero-order valence-electron chi connectivity index (χ0n) is 11.4. The molecule has 23 heavy (non-hydrogen) atoms.